The minimum atomic E-state index is -0.380. The highest BCUT2D eigenvalue weighted by atomic mass is 19.1. The SMILES string of the molecule is CC(=O)c1ccc(N2CCN(CC(=O)NCC(=O)Nc3ccc(F)cc3)CC2)cc1. The molecular weight excluding hydrogens is 387 g/mol. The topological polar surface area (TPSA) is 81.8 Å². The number of nitrogens with zero attached hydrogens (tertiary/aromatic N) is 2. The predicted octanol–water partition coefficient (Wildman–Crippen LogP) is 1.91. The fourth-order valence-electron chi connectivity index (χ4n) is 3.25. The van der Waals surface area contributed by atoms with Crippen molar-refractivity contribution in [1.29, 1.82) is 0 Å². The molecule has 0 saturated carbocycles. The van der Waals surface area contributed by atoms with Crippen molar-refractivity contribution in [1.82, 2.24) is 10.2 Å². The maximum Gasteiger partial charge on any atom is 0.243 e. The summed E-state index contributed by atoms with van der Waals surface area (Å²) in [7, 11) is 0. The Labute approximate surface area is 174 Å². The fourth-order valence-corrected chi connectivity index (χ4v) is 3.25. The van der Waals surface area contributed by atoms with Crippen molar-refractivity contribution in [3.63, 3.8) is 0 Å². The van der Waals surface area contributed by atoms with E-state index in [-0.39, 0.29) is 36.5 Å². The number of ketones is 1. The molecule has 30 heavy (non-hydrogen) atoms. The lowest BCUT2D eigenvalue weighted by Gasteiger charge is -2.35. The molecule has 158 valence electrons. The molecule has 0 aromatic heterocycles. The van der Waals surface area contributed by atoms with E-state index < -0.39 is 0 Å². The largest absolute Gasteiger partial charge is 0.369 e. The summed E-state index contributed by atoms with van der Waals surface area (Å²) in [6.07, 6.45) is 0. The van der Waals surface area contributed by atoms with Crippen LogP contribution in [-0.4, -0.2) is 61.8 Å². The van der Waals surface area contributed by atoms with Crippen LogP contribution in [0.4, 0.5) is 15.8 Å². The van der Waals surface area contributed by atoms with Crippen molar-refractivity contribution in [2.75, 3.05) is 49.5 Å². The first kappa shape index (κ1) is 21.4. The van der Waals surface area contributed by atoms with Gasteiger partial charge < -0.3 is 15.5 Å². The Morgan fingerprint density at radius 1 is 0.900 bits per heavy atom. The molecule has 7 nitrogen and oxygen atoms in total. The first-order valence-electron chi connectivity index (χ1n) is 9.81. The third-order valence-corrected chi connectivity index (χ3v) is 4.95. The first-order chi connectivity index (χ1) is 14.4. The van der Waals surface area contributed by atoms with E-state index in [0.29, 0.717) is 11.3 Å². The Morgan fingerprint density at radius 3 is 2.13 bits per heavy atom. The van der Waals surface area contributed by atoms with Gasteiger partial charge in [0, 0.05) is 43.1 Å². The molecule has 0 spiro atoms. The third kappa shape index (κ3) is 6.12. The summed E-state index contributed by atoms with van der Waals surface area (Å²) in [6.45, 7) is 4.63. The Kier molecular flexibility index (Phi) is 7.13. The maximum atomic E-state index is 12.9. The second-order valence-electron chi connectivity index (χ2n) is 7.20. The van der Waals surface area contributed by atoms with Crippen molar-refractivity contribution in [3.05, 3.63) is 59.9 Å². The van der Waals surface area contributed by atoms with E-state index in [2.05, 4.69) is 15.5 Å². The quantitative estimate of drug-likeness (QED) is 0.679. The van der Waals surface area contributed by atoms with Crippen LogP contribution in [0.2, 0.25) is 0 Å². The van der Waals surface area contributed by atoms with Gasteiger partial charge in [0.1, 0.15) is 5.82 Å². The fraction of sp³-hybridized carbons (Fsp3) is 0.318. The molecule has 1 heterocycles. The van der Waals surface area contributed by atoms with E-state index in [1.807, 2.05) is 29.2 Å². The zero-order chi connectivity index (χ0) is 21.5. The lowest BCUT2D eigenvalue weighted by molar-refractivity contribution is -0.125. The molecule has 2 N–H and O–H groups in total. The standard InChI is InChI=1S/C22H25FN4O3/c1-16(28)17-2-8-20(9-3-17)27-12-10-26(11-13-27)15-22(30)24-14-21(29)25-19-6-4-18(23)5-7-19/h2-9H,10-15H2,1H3,(H,24,30)(H,25,29). The number of anilines is 2. The van der Waals surface area contributed by atoms with Crippen molar-refractivity contribution >= 4 is 29.0 Å². The van der Waals surface area contributed by atoms with Gasteiger partial charge in [0.2, 0.25) is 11.8 Å². The highest BCUT2D eigenvalue weighted by Gasteiger charge is 2.19. The highest BCUT2D eigenvalue weighted by Crippen LogP contribution is 2.17. The summed E-state index contributed by atoms with van der Waals surface area (Å²) >= 11 is 0. The Hall–Kier alpha value is -3.26. The second-order valence-corrected chi connectivity index (χ2v) is 7.20. The summed E-state index contributed by atoms with van der Waals surface area (Å²) < 4.78 is 12.9. The zero-order valence-electron chi connectivity index (χ0n) is 16.9. The number of amides is 2. The number of carbonyl (C=O) groups is 3. The monoisotopic (exact) mass is 412 g/mol. The normalized spacial score (nSPS) is 14.3. The lowest BCUT2D eigenvalue weighted by Crippen LogP contribution is -2.50. The molecular formula is C22H25FN4O3. The van der Waals surface area contributed by atoms with Crippen molar-refractivity contribution < 1.29 is 18.8 Å². The molecule has 0 atom stereocenters. The van der Waals surface area contributed by atoms with Crippen LogP contribution in [0.3, 0.4) is 0 Å². The zero-order valence-corrected chi connectivity index (χ0v) is 16.9. The number of hydrogen-bond donors (Lipinski definition) is 2. The smallest absolute Gasteiger partial charge is 0.243 e. The molecule has 1 aliphatic heterocycles. The Bertz CT molecular complexity index is 892. The van der Waals surface area contributed by atoms with Crippen LogP contribution in [-0.2, 0) is 9.59 Å². The van der Waals surface area contributed by atoms with Crippen molar-refractivity contribution in [3.8, 4) is 0 Å². The Morgan fingerprint density at radius 2 is 1.53 bits per heavy atom. The van der Waals surface area contributed by atoms with Gasteiger partial charge in [0.15, 0.2) is 5.78 Å². The number of carbonyl (C=O) groups excluding carboxylic acids is 3. The van der Waals surface area contributed by atoms with E-state index in [4.69, 9.17) is 0 Å². The average molecular weight is 412 g/mol. The molecule has 3 rings (SSSR count). The van der Waals surface area contributed by atoms with Gasteiger partial charge in [-0.3, -0.25) is 19.3 Å². The molecule has 2 aromatic carbocycles. The Balaban J connectivity index is 1.38. The molecule has 1 saturated heterocycles. The maximum absolute atomic E-state index is 12.9. The molecule has 8 heteroatoms. The van der Waals surface area contributed by atoms with E-state index in [9.17, 15) is 18.8 Å². The van der Waals surface area contributed by atoms with Crippen molar-refractivity contribution in [2.24, 2.45) is 0 Å². The number of hydrogen-bond acceptors (Lipinski definition) is 5. The van der Waals surface area contributed by atoms with Gasteiger partial charge in [-0.05, 0) is 55.5 Å². The van der Waals surface area contributed by atoms with Gasteiger partial charge in [0.25, 0.3) is 0 Å². The van der Waals surface area contributed by atoms with Gasteiger partial charge in [-0.15, -0.1) is 0 Å². The van der Waals surface area contributed by atoms with E-state index in [1.54, 1.807) is 6.92 Å². The number of nitrogens with one attached hydrogen (secondary N) is 2. The number of piperazine rings is 1. The predicted molar refractivity (Wildman–Crippen MR) is 113 cm³/mol. The molecule has 1 aliphatic rings. The number of rotatable bonds is 7. The summed E-state index contributed by atoms with van der Waals surface area (Å²) in [4.78, 5) is 39.7. The van der Waals surface area contributed by atoms with E-state index in [1.165, 1.54) is 24.3 Å². The third-order valence-electron chi connectivity index (χ3n) is 4.95. The van der Waals surface area contributed by atoms with Crippen LogP contribution >= 0.6 is 0 Å². The minimum absolute atomic E-state index is 0.0451. The molecule has 0 radical (unpaired) electrons. The molecule has 0 aliphatic carbocycles. The van der Waals surface area contributed by atoms with E-state index >= 15 is 0 Å². The van der Waals surface area contributed by atoms with Gasteiger partial charge in [-0.2, -0.15) is 0 Å². The summed E-state index contributed by atoms with van der Waals surface area (Å²) in [5.41, 5.74) is 2.22. The van der Waals surface area contributed by atoms with Crippen LogP contribution in [0.1, 0.15) is 17.3 Å². The van der Waals surface area contributed by atoms with Crippen LogP contribution in [0.15, 0.2) is 48.5 Å². The number of Topliss-reactive ketones (excluding diaryl/α,β-unsaturated/α-hetero) is 1. The van der Waals surface area contributed by atoms with Crippen molar-refractivity contribution in [2.45, 2.75) is 6.92 Å². The molecule has 2 aromatic rings. The first-order valence-corrected chi connectivity index (χ1v) is 9.81. The summed E-state index contributed by atoms with van der Waals surface area (Å²) in [5, 5.41) is 5.21. The molecule has 0 unspecified atom stereocenters. The molecule has 2 amide bonds. The lowest BCUT2D eigenvalue weighted by atomic mass is 10.1. The van der Waals surface area contributed by atoms with Crippen LogP contribution < -0.4 is 15.5 Å². The van der Waals surface area contributed by atoms with Gasteiger partial charge in [0.05, 0.1) is 13.1 Å². The second kappa shape index (κ2) is 9.98. The van der Waals surface area contributed by atoms with Gasteiger partial charge in [-0.1, -0.05) is 0 Å². The average Bonchev–Trinajstić information content (AvgIpc) is 2.74. The summed E-state index contributed by atoms with van der Waals surface area (Å²) in [6, 6.07) is 13.0. The number of halogens is 1. The van der Waals surface area contributed by atoms with Gasteiger partial charge >= 0.3 is 0 Å². The van der Waals surface area contributed by atoms with Crippen LogP contribution in [0.25, 0.3) is 0 Å². The molecule has 0 bridgehead atoms. The van der Waals surface area contributed by atoms with E-state index in [0.717, 1.165) is 31.9 Å². The molecule has 1 fully saturated rings. The highest BCUT2D eigenvalue weighted by molar-refractivity contribution is 5.95. The van der Waals surface area contributed by atoms with Crippen LogP contribution in [0.5, 0.6) is 0 Å². The van der Waals surface area contributed by atoms with Gasteiger partial charge in [-0.25, -0.2) is 4.39 Å². The summed E-state index contributed by atoms with van der Waals surface area (Å²) in [5.74, 6) is -0.921. The minimum Gasteiger partial charge on any atom is -0.369 e. The van der Waals surface area contributed by atoms with Crippen LogP contribution in [0, 0.1) is 5.82 Å². The number of benzene rings is 2.